The quantitative estimate of drug-likeness (QED) is 0.272. The molecule has 0 saturated carbocycles. The Hall–Kier alpha value is -2.58. The fourth-order valence-corrected chi connectivity index (χ4v) is 4.57. The van der Waals surface area contributed by atoms with E-state index < -0.39 is 5.92 Å². The number of fused-ring (bicyclic) bond motifs is 3. The molecule has 0 fully saturated rings. The molecule has 1 aliphatic heterocycles. The molecule has 3 aromatic rings. The van der Waals surface area contributed by atoms with Gasteiger partial charge in [-0.1, -0.05) is 67.7 Å². The van der Waals surface area contributed by atoms with Crippen LogP contribution in [0.25, 0.3) is 5.69 Å². The zero-order valence-electron chi connectivity index (χ0n) is 24.3. The van der Waals surface area contributed by atoms with Crippen molar-refractivity contribution in [2.75, 3.05) is 6.61 Å². The van der Waals surface area contributed by atoms with Crippen LogP contribution >= 0.6 is 15.9 Å². The second kappa shape index (κ2) is 14.7. The van der Waals surface area contributed by atoms with Gasteiger partial charge < -0.3 is 9.47 Å². The highest BCUT2D eigenvalue weighted by Gasteiger charge is 2.37. The van der Waals surface area contributed by atoms with Crippen LogP contribution in [0.1, 0.15) is 100.0 Å². The molecule has 1 aliphatic rings. The summed E-state index contributed by atoms with van der Waals surface area (Å²) in [5.41, 5.74) is 6.24. The maximum atomic E-state index is 14.5. The second-order valence-electron chi connectivity index (χ2n) is 9.51. The normalized spacial score (nSPS) is 14.1. The van der Waals surface area contributed by atoms with Crippen molar-refractivity contribution in [3.63, 3.8) is 0 Å². The largest absolute Gasteiger partial charge is 0.466 e. The maximum absolute atomic E-state index is 14.5. The van der Waals surface area contributed by atoms with Crippen LogP contribution in [-0.2, 0) is 33.2 Å². The van der Waals surface area contributed by atoms with Crippen molar-refractivity contribution in [3.05, 3.63) is 80.3 Å². The molecule has 0 spiro atoms. The summed E-state index contributed by atoms with van der Waals surface area (Å²) >= 11 is 3.54. The van der Waals surface area contributed by atoms with Crippen molar-refractivity contribution in [2.45, 2.75) is 93.3 Å². The fraction of sp³-hybridized carbons (Fsp3) is 0.484. The SMILES string of the molecule is CCCC.CCOC(C)=O.CCc1nc(C(C)(F)F)n2c1CO[C@H](c1cccc(C)c1C)c1cc(Br)ccc1-2. The van der Waals surface area contributed by atoms with Crippen molar-refractivity contribution < 1.29 is 23.0 Å². The predicted octanol–water partition coefficient (Wildman–Crippen LogP) is 8.92. The molecule has 0 aliphatic carbocycles. The lowest BCUT2D eigenvalue weighted by Crippen LogP contribution is -2.17. The third kappa shape index (κ3) is 8.21. The number of hydrogen-bond donors (Lipinski definition) is 0. The lowest BCUT2D eigenvalue weighted by molar-refractivity contribution is -0.140. The van der Waals surface area contributed by atoms with E-state index in [9.17, 15) is 13.6 Å². The topological polar surface area (TPSA) is 53.3 Å². The lowest BCUT2D eigenvalue weighted by Gasteiger charge is -2.22. The van der Waals surface area contributed by atoms with Gasteiger partial charge in [-0.25, -0.2) is 4.98 Å². The van der Waals surface area contributed by atoms with Gasteiger partial charge >= 0.3 is 11.9 Å². The number of aryl methyl sites for hydroxylation is 2. The van der Waals surface area contributed by atoms with Crippen molar-refractivity contribution in [1.29, 1.82) is 0 Å². The summed E-state index contributed by atoms with van der Waals surface area (Å²) in [5, 5.41) is 0. The average Bonchev–Trinajstić information content (AvgIpc) is 3.18. The zero-order chi connectivity index (χ0) is 29.3. The summed E-state index contributed by atoms with van der Waals surface area (Å²) in [4.78, 5) is 14.1. The summed E-state index contributed by atoms with van der Waals surface area (Å²) in [6, 6.07) is 11.8. The Bertz CT molecular complexity index is 1250. The molecule has 214 valence electrons. The van der Waals surface area contributed by atoms with Crippen molar-refractivity contribution >= 4 is 21.9 Å². The van der Waals surface area contributed by atoms with E-state index >= 15 is 0 Å². The van der Waals surface area contributed by atoms with Gasteiger partial charge in [0.1, 0.15) is 6.10 Å². The van der Waals surface area contributed by atoms with E-state index in [1.807, 2.05) is 37.3 Å². The Morgan fingerprint density at radius 2 is 1.79 bits per heavy atom. The summed E-state index contributed by atoms with van der Waals surface area (Å²) in [7, 11) is 0. The number of halogens is 3. The molecule has 0 amide bonds. The van der Waals surface area contributed by atoms with Gasteiger partial charge in [0.25, 0.3) is 0 Å². The number of nitrogens with zero attached hydrogens (tertiary/aromatic N) is 2. The van der Waals surface area contributed by atoms with E-state index in [4.69, 9.17) is 4.74 Å². The number of imidazole rings is 1. The molecule has 4 rings (SSSR count). The van der Waals surface area contributed by atoms with Crippen LogP contribution in [0.15, 0.2) is 40.9 Å². The number of alkyl halides is 2. The molecule has 1 aromatic heterocycles. The first kappa shape index (κ1) is 32.6. The monoisotopic (exact) mass is 606 g/mol. The van der Waals surface area contributed by atoms with Crippen LogP contribution in [-0.4, -0.2) is 22.1 Å². The molecule has 0 radical (unpaired) electrons. The van der Waals surface area contributed by atoms with E-state index in [-0.39, 0.29) is 24.5 Å². The molecule has 0 bridgehead atoms. The molecule has 0 unspecified atom stereocenters. The van der Waals surface area contributed by atoms with Gasteiger partial charge in [-0.05, 0) is 62.1 Å². The summed E-state index contributed by atoms with van der Waals surface area (Å²) in [6.45, 7) is 15.2. The number of hydrogen-bond acceptors (Lipinski definition) is 4. The third-order valence-electron chi connectivity index (χ3n) is 6.46. The van der Waals surface area contributed by atoms with Gasteiger partial charge in [-0.15, -0.1) is 0 Å². The van der Waals surface area contributed by atoms with Crippen molar-refractivity contribution in [3.8, 4) is 5.69 Å². The molecular formula is C31H41BrF2N2O3. The Morgan fingerprint density at radius 1 is 1.13 bits per heavy atom. The zero-order valence-corrected chi connectivity index (χ0v) is 25.9. The lowest BCUT2D eigenvalue weighted by atomic mass is 9.93. The second-order valence-corrected chi connectivity index (χ2v) is 10.4. The number of aromatic nitrogens is 2. The smallest absolute Gasteiger partial charge is 0.302 e. The van der Waals surface area contributed by atoms with Crippen molar-refractivity contribution in [1.82, 2.24) is 9.55 Å². The van der Waals surface area contributed by atoms with Crippen molar-refractivity contribution in [2.24, 2.45) is 0 Å². The van der Waals surface area contributed by atoms with E-state index in [2.05, 4.69) is 59.4 Å². The fourth-order valence-electron chi connectivity index (χ4n) is 4.19. The number of ether oxygens (including phenoxy) is 2. The van der Waals surface area contributed by atoms with Gasteiger partial charge in [-0.3, -0.25) is 9.36 Å². The number of unbranched alkanes of at least 4 members (excludes halogenated alkanes) is 1. The molecule has 1 atom stereocenters. The summed E-state index contributed by atoms with van der Waals surface area (Å²) < 4.78 is 42.3. The molecule has 5 nitrogen and oxygen atoms in total. The van der Waals surface area contributed by atoms with E-state index in [1.54, 1.807) is 11.5 Å². The summed E-state index contributed by atoms with van der Waals surface area (Å²) in [6.07, 6.45) is 2.85. The first-order valence-electron chi connectivity index (χ1n) is 13.5. The molecular weight excluding hydrogens is 566 g/mol. The average molecular weight is 608 g/mol. The summed E-state index contributed by atoms with van der Waals surface area (Å²) in [5.74, 6) is -3.51. The minimum absolute atomic E-state index is 0.211. The van der Waals surface area contributed by atoms with Gasteiger partial charge in [0, 0.05) is 23.9 Å². The van der Waals surface area contributed by atoms with Crippen LogP contribution in [0.3, 0.4) is 0 Å². The van der Waals surface area contributed by atoms with E-state index in [1.165, 1.54) is 25.3 Å². The Morgan fingerprint density at radius 3 is 2.31 bits per heavy atom. The van der Waals surface area contributed by atoms with Gasteiger partial charge in [0.15, 0.2) is 5.82 Å². The molecule has 8 heteroatoms. The van der Waals surface area contributed by atoms with Gasteiger partial charge in [0.05, 0.1) is 30.3 Å². The number of carbonyl (C=O) groups is 1. The highest BCUT2D eigenvalue weighted by atomic mass is 79.9. The molecule has 39 heavy (non-hydrogen) atoms. The molecule has 0 saturated heterocycles. The third-order valence-corrected chi connectivity index (χ3v) is 6.95. The Kier molecular flexibility index (Phi) is 12.3. The number of esters is 1. The first-order chi connectivity index (χ1) is 18.4. The Balaban J connectivity index is 0.000000458. The maximum Gasteiger partial charge on any atom is 0.302 e. The van der Waals surface area contributed by atoms with Crippen LogP contribution in [0.5, 0.6) is 0 Å². The van der Waals surface area contributed by atoms with Gasteiger partial charge in [-0.2, -0.15) is 8.78 Å². The molecule has 2 heterocycles. The van der Waals surface area contributed by atoms with Crippen LogP contribution in [0.4, 0.5) is 8.78 Å². The van der Waals surface area contributed by atoms with Crippen LogP contribution in [0.2, 0.25) is 0 Å². The standard InChI is InChI=1S/C23H23BrF2N2O.C4H8O2.C4H10/c1-5-18-20-12-29-21(16-8-6-7-13(2)14(16)3)17-11-15(24)9-10-19(17)28(20)22(27-18)23(4,25)26;1-3-6-4(2)5;1-3-4-2/h6-11,21H,5,12H2,1-4H3;3H2,1-2H3;3-4H2,1-2H3/t21-;;/m1../s1. The first-order valence-corrected chi connectivity index (χ1v) is 14.3. The molecule has 0 N–H and O–H groups in total. The Labute approximate surface area is 240 Å². The van der Waals surface area contributed by atoms with E-state index in [0.717, 1.165) is 28.1 Å². The highest BCUT2D eigenvalue weighted by Crippen LogP contribution is 2.41. The minimum Gasteiger partial charge on any atom is -0.466 e. The number of rotatable bonds is 5. The van der Waals surface area contributed by atoms with E-state index in [0.29, 0.717) is 30.1 Å². The minimum atomic E-state index is -3.06. The van der Waals surface area contributed by atoms with Crippen LogP contribution in [0, 0.1) is 13.8 Å². The van der Waals surface area contributed by atoms with Crippen LogP contribution < -0.4 is 0 Å². The number of benzene rings is 2. The highest BCUT2D eigenvalue weighted by molar-refractivity contribution is 9.10. The predicted molar refractivity (Wildman–Crippen MR) is 156 cm³/mol. The number of carbonyl (C=O) groups excluding carboxylic acids is 1. The van der Waals surface area contributed by atoms with Gasteiger partial charge in [0.2, 0.25) is 0 Å². The molecule has 2 aromatic carbocycles.